The van der Waals surface area contributed by atoms with E-state index in [1.807, 2.05) is 0 Å². The molecular weight excluding hydrogens is 180 g/mol. The largest absolute Gasteiger partial charge is 0.464 e. The van der Waals surface area contributed by atoms with Gasteiger partial charge in [-0.25, -0.2) is 0 Å². The molecule has 1 aromatic heterocycles. The van der Waals surface area contributed by atoms with Crippen molar-refractivity contribution in [2.45, 2.75) is 13.5 Å². The highest BCUT2D eigenvalue weighted by Crippen LogP contribution is 2.03. The molecule has 4 nitrogen and oxygen atoms in total. The van der Waals surface area contributed by atoms with Crippen LogP contribution in [-0.2, 0) is 16.1 Å². The standard InChI is InChI=1S/C7H9ClN2O2/c1-6(11)12-3-2-10-5-7(8)4-9-10/h4-5H,2-3H2,1H3. The first kappa shape index (κ1) is 9.06. The van der Waals surface area contributed by atoms with E-state index in [4.69, 9.17) is 16.3 Å². The molecule has 1 aromatic rings. The number of halogens is 1. The van der Waals surface area contributed by atoms with Gasteiger partial charge in [-0.05, 0) is 0 Å². The molecule has 0 aliphatic heterocycles. The number of esters is 1. The van der Waals surface area contributed by atoms with E-state index in [1.54, 1.807) is 10.9 Å². The van der Waals surface area contributed by atoms with E-state index in [2.05, 4.69) is 5.10 Å². The molecule has 0 N–H and O–H groups in total. The van der Waals surface area contributed by atoms with Gasteiger partial charge in [0.15, 0.2) is 0 Å². The molecule has 0 fully saturated rings. The number of aromatic nitrogens is 2. The van der Waals surface area contributed by atoms with Gasteiger partial charge in [-0.2, -0.15) is 5.10 Å². The van der Waals surface area contributed by atoms with Gasteiger partial charge in [-0.15, -0.1) is 0 Å². The average Bonchev–Trinajstić information content (AvgIpc) is 2.35. The molecule has 0 amide bonds. The van der Waals surface area contributed by atoms with E-state index in [0.717, 1.165) is 0 Å². The fourth-order valence-electron chi connectivity index (χ4n) is 0.744. The summed E-state index contributed by atoms with van der Waals surface area (Å²) >= 11 is 5.61. The second-order valence-corrected chi connectivity index (χ2v) is 2.70. The fraction of sp³-hybridized carbons (Fsp3) is 0.429. The minimum absolute atomic E-state index is 0.284. The van der Waals surface area contributed by atoms with Crippen LogP contribution in [0.3, 0.4) is 0 Å². The second-order valence-electron chi connectivity index (χ2n) is 2.26. The zero-order valence-corrected chi connectivity index (χ0v) is 7.41. The quantitative estimate of drug-likeness (QED) is 0.668. The molecule has 1 heterocycles. The molecule has 0 saturated heterocycles. The Kier molecular flexibility index (Phi) is 3.10. The van der Waals surface area contributed by atoms with Crippen LogP contribution in [0.4, 0.5) is 0 Å². The number of rotatable bonds is 3. The summed E-state index contributed by atoms with van der Waals surface area (Å²) in [6.07, 6.45) is 3.21. The summed E-state index contributed by atoms with van der Waals surface area (Å²) in [6.45, 7) is 2.23. The van der Waals surface area contributed by atoms with Gasteiger partial charge in [0.1, 0.15) is 6.61 Å². The number of ether oxygens (including phenoxy) is 1. The van der Waals surface area contributed by atoms with Gasteiger partial charge in [0.05, 0.1) is 17.8 Å². The molecule has 0 atom stereocenters. The highest BCUT2D eigenvalue weighted by atomic mass is 35.5. The smallest absolute Gasteiger partial charge is 0.302 e. The lowest BCUT2D eigenvalue weighted by molar-refractivity contribution is -0.141. The Morgan fingerprint density at radius 3 is 3.08 bits per heavy atom. The molecule has 12 heavy (non-hydrogen) atoms. The molecule has 0 bridgehead atoms. The predicted molar refractivity (Wildman–Crippen MR) is 43.9 cm³/mol. The third kappa shape index (κ3) is 2.92. The van der Waals surface area contributed by atoms with Crippen LogP contribution in [0.1, 0.15) is 6.92 Å². The van der Waals surface area contributed by atoms with Crippen LogP contribution in [0.2, 0.25) is 5.02 Å². The van der Waals surface area contributed by atoms with Crippen molar-refractivity contribution in [3.05, 3.63) is 17.4 Å². The van der Waals surface area contributed by atoms with Gasteiger partial charge in [0.2, 0.25) is 0 Å². The van der Waals surface area contributed by atoms with Crippen LogP contribution in [0, 0.1) is 0 Å². The summed E-state index contributed by atoms with van der Waals surface area (Å²) in [5.41, 5.74) is 0. The van der Waals surface area contributed by atoms with Crippen LogP contribution in [0.25, 0.3) is 0 Å². The second kappa shape index (κ2) is 4.11. The van der Waals surface area contributed by atoms with Crippen molar-refractivity contribution in [2.75, 3.05) is 6.61 Å². The highest BCUT2D eigenvalue weighted by molar-refractivity contribution is 6.30. The Balaban J connectivity index is 2.29. The highest BCUT2D eigenvalue weighted by Gasteiger charge is 1.96. The summed E-state index contributed by atoms with van der Waals surface area (Å²) in [5, 5.41) is 4.49. The minimum atomic E-state index is -0.284. The van der Waals surface area contributed by atoms with E-state index < -0.39 is 0 Å². The van der Waals surface area contributed by atoms with Gasteiger partial charge in [-0.1, -0.05) is 11.6 Å². The number of hydrogen-bond acceptors (Lipinski definition) is 3. The first-order valence-electron chi connectivity index (χ1n) is 3.50. The number of nitrogens with zero attached hydrogens (tertiary/aromatic N) is 2. The Morgan fingerprint density at radius 1 is 1.83 bits per heavy atom. The van der Waals surface area contributed by atoms with Crippen LogP contribution < -0.4 is 0 Å². The van der Waals surface area contributed by atoms with Crippen molar-refractivity contribution in [3.8, 4) is 0 Å². The molecule has 0 aromatic carbocycles. The summed E-state index contributed by atoms with van der Waals surface area (Å²) in [4.78, 5) is 10.4. The van der Waals surface area contributed by atoms with Crippen molar-refractivity contribution in [3.63, 3.8) is 0 Å². The zero-order valence-electron chi connectivity index (χ0n) is 6.66. The topological polar surface area (TPSA) is 44.1 Å². The fourth-order valence-corrected chi connectivity index (χ4v) is 0.900. The van der Waals surface area contributed by atoms with E-state index in [0.29, 0.717) is 18.2 Å². The number of hydrogen-bond donors (Lipinski definition) is 0. The molecule has 0 spiro atoms. The van der Waals surface area contributed by atoms with Crippen molar-refractivity contribution in [2.24, 2.45) is 0 Å². The molecule has 1 rings (SSSR count). The first-order valence-corrected chi connectivity index (χ1v) is 3.87. The van der Waals surface area contributed by atoms with Crippen molar-refractivity contribution < 1.29 is 9.53 Å². The van der Waals surface area contributed by atoms with E-state index >= 15 is 0 Å². The van der Waals surface area contributed by atoms with Crippen molar-refractivity contribution in [1.82, 2.24) is 9.78 Å². The van der Waals surface area contributed by atoms with Crippen LogP contribution in [0.5, 0.6) is 0 Å². The lowest BCUT2D eigenvalue weighted by Crippen LogP contribution is -2.08. The Hall–Kier alpha value is -1.03. The third-order valence-electron chi connectivity index (χ3n) is 1.23. The van der Waals surface area contributed by atoms with E-state index in [9.17, 15) is 4.79 Å². The normalized spacial score (nSPS) is 9.83. The molecule has 66 valence electrons. The predicted octanol–water partition coefficient (Wildman–Crippen LogP) is 1.10. The molecular formula is C7H9ClN2O2. The van der Waals surface area contributed by atoms with Gasteiger partial charge in [0, 0.05) is 13.1 Å². The maximum atomic E-state index is 10.4. The van der Waals surface area contributed by atoms with Gasteiger partial charge in [-0.3, -0.25) is 9.48 Å². The van der Waals surface area contributed by atoms with Crippen LogP contribution in [0.15, 0.2) is 12.4 Å². The van der Waals surface area contributed by atoms with E-state index in [-0.39, 0.29) is 5.97 Å². The molecule has 0 saturated carbocycles. The maximum absolute atomic E-state index is 10.4. The van der Waals surface area contributed by atoms with Crippen molar-refractivity contribution >= 4 is 17.6 Å². The maximum Gasteiger partial charge on any atom is 0.302 e. The number of carbonyl (C=O) groups excluding carboxylic acids is 1. The molecule has 5 heteroatoms. The summed E-state index contributed by atoms with van der Waals surface area (Å²) in [7, 11) is 0. The number of carbonyl (C=O) groups is 1. The zero-order chi connectivity index (χ0) is 8.97. The lowest BCUT2D eigenvalue weighted by Gasteiger charge is -2.00. The monoisotopic (exact) mass is 188 g/mol. The Bertz CT molecular complexity index is 272. The average molecular weight is 189 g/mol. The van der Waals surface area contributed by atoms with Gasteiger partial charge >= 0.3 is 5.97 Å². The Morgan fingerprint density at radius 2 is 2.58 bits per heavy atom. The SMILES string of the molecule is CC(=O)OCCn1cc(Cl)cn1. The van der Waals surface area contributed by atoms with Gasteiger partial charge in [0.25, 0.3) is 0 Å². The summed E-state index contributed by atoms with van der Waals surface area (Å²) in [5.74, 6) is -0.284. The third-order valence-corrected chi connectivity index (χ3v) is 1.42. The Labute approximate surface area is 75.1 Å². The van der Waals surface area contributed by atoms with E-state index in [1.165, 1.54) is 13.1 Å². The molecule has 0 aliphatic carbocycles. The molecule has 0 unspecified atom stereocenters. The first-order chi connectivity index (χ1) is 5.68. The minimum Gasteiger partial charge on any atom is -0.464 e. The van der Waals surface area contributed by atoms with Crippen molar-refractivity contribution in [1.29, 1.82) is 0 Å². The summed E-state index contributed by atoms with van der Waals surface area (Å²) in [6, 6.07) is 0. The molecule has 0 radical (unpaired) electrons. The van der Waals surface area contributed by atoms with Gasteiger partial charge < -0.3 is 4.74 Å². The van der Waals surface area contributed by atoms with Crippen LogP contribution in [-0.4, -0.2) is 22.4 Å². The molecule has 0 aliphatic rings. The summed E-state index contributed by atoms with van der Waals surface area (Å²) < 4.78 is 6.33. The van der Waals surface area contributed by atoms with Crippen LogP contribution >= 0.6 is 11.6 Å². The lowest BCUT2D eigenvalue weighted by atomic mass is 10.6.